The number of aryl methyl sites for hydroxylation is 2. The van der Waals surface area contributed by atoms with Crippen LogP contribution in [0.4, 0.5) is 0 Å². The molecule has 164 valence electrons. The van der Waals surface area contributed by atoms with Gasteiger partial charge in [0.05, 0.1) is 19.8 Å². The van der Waals surface area contributed by atoms with Gasteiger partial charge in [-0.3, -0.25) is 9.69 Å². The number of ether oxygens (including phenoxy) is 1. The van der Waals surface area contributed by atoms with Crippen LogP contribution in [0.25, 0.3) is 10.9 Å². The maximum atomic E-state index is 12.8. The van der Waals surface area contributed by atoms with Crippen molar-refractivity contribution >= 4 is 28.2 Å². The number of benzene rings is 1. The minimum Gasteiger partial charge on any atom is -0.379 e. The number of hydrogen-bond donors (Lipinski definition) is 2. The van der Waals surface area contributed by atoms with Crippen LogP contribution >= 0.6 is 12.2 Å². The van der Waals surface area contributed by atoms with Gasteiger partial charge in [-0.05, 0) is 55.7 Å². The fraction of sp³-hybridized carbons (Fsp3) is 0.565. The molecule has 30 heavy (non-hydrogen) atoms. The Kier molecular flexibility index (Phi) is 8.24. The number of pyridine rings is 1. The first-order valence-corrected chi connectivity index (χ1v) is 11.3. The number of unbranched alkanes of at least 4 members (excludes halogenated alkanes) is 1. The van der Waals surface area contributed by atoms with Gasteiger partial charge >= 0.3 is 0 Å². The van der Waals surface area contributed by atoms with Gasteiger partial charge in [0.25, 0.3) is 5.56 Å². The summed E-state index contributed by atoms with van der Waals surface area (Å²) >= 11 is 5.70. The molecule has 0 atom stereocenters. The average Bonchev–Trinajstić information content (AvgIpc) is 2.72. The van der Waals surface area contributed by atoms with Gasteiger partial charge in [0.1, 0.15) is 0 Å². The molecule has 1 aromatic carbocycles. The number of fused-ring (bicyclic) bond motifs is 1. The molecule has 1 aliphatic heterocycles. The smallest absolute Gasteiger partial charge is 0.253 e. The summed E-state index contributed by atoms with van der Waals surface area (Å²) in [6.07, 6.45) is 2.19. The van der Waals surface area contributed by atoms with Crippen LogP contribution in [0.3, 0.4) is 0 Å². The topological polar surface area (TPSA) is 60.6 Å². The van der Waals surface area contributed by atoms with E-state index in [0.29, 0.717) is 6.54 Å². The van der Waals surface area contributed by atoms with E-state index in [1.165, 1.54) is 5.56 Å². The fourth-order valence-electron chi connectivity index (χ4n) is 3.86. The normalized spacial score (nSPS) is 14.8. The van der Waals surface area contributed by atoms with Gasteiger partial charge in [-0.25, -0.2) is 0 Å². The van der Waals surface area contributed by atoms with E-state index in [2.05, 4.69) is 40.0 Å². The van der Waals surface area contributed by atoms with Crippen molar-refractivity contribution in [3.05, 3.63) is 45.2 Å². The van der Waals surface area contributed by atoms with Crippen molar-refractivity contribution in [1.29, 1.82) is 0 Å². The maximum Gasteiger partial charge on any atom is 0.253 e. The molecule has 0 bridgehead atoms. The molecule has 1 aromatic heterocycles. The number of aromatic amines is 1. The van der Waals surface area contributed by atoms with E-state index < -0.39 is 0 Å². The molecule has 1 aliphatic rings. The summed E-state index contributed by atoms with van der Waals surface area (Å²) < 4.78 is 5.45. The summed E-state index contributed by atoms with van der Waals surface area (Å²) in [6.45, 7) is 12.8. The number of thiocarbonyl (C=S) groups is 1. The van der Waals surface area contributed by atoms with E-state index in [9.17, 15) is 4.79 Å². The number of H-pyrrole nitrogens is 1. The number of hydrogen-bond acceptors (Lipinski definition) is 4. The lowest BCUT2D eigenvalue weighted by atomic mass is 10.0. The standard InChI is InChI=1S/C23H34N4O2S/c1-4-5-6-24-23(30)27(8-7-26-9-11-29-12-10-26)16-19-15-20-18(3)13-17(2)14-21(20)25-22(19)28/h13-15H,4-12,16H2,1-3H3,(H,24,30)(H,25,28). The van der Waals surface area contributed by atoms with Crippen LogP contribution in [0.1, 0.15) is 36.5 Å². The minimum atomic E-state index is -0.0415. The molecule has 1 fully saturated rings. The molecule has 0 radical (unpaired) electrons. The minimum absolute atomic E-state index is 0.0415. The first-order valence-electron chi connectivity index (χ1n) is 10.9. The molecule has 1 saturated heterocycles. The molecular weight excluding hydrogens is 396 g/mol. The first-order chi connectivity index (χ1) is 14.5. The lowest BCUT2D eigenvalue weighted by molar-refractivity contribution is 0.0357. The van der Waals surface area contributed by atoms with Gasteiger partial charge in [-0.1, -0.05) is 19.4 Å². The Labute approximate surface area is 184 Å². The van der Waals surface area contributed by atoms with Gasteiger partial charge < -0.3 is 19.9 Å². The molecule has 2 N–H and O–H groups in total. The predicted molar refractivity (Wildman–Crippen MR) is 127 cm³/mol. The van der Waals surface area contributed by atoms with Crippen molar-refractivity contribution in [2.75, 3.05) is 45.9 Å². The summed E-state index contributed by atoms with van der Waals surface area (Å²) in [4.78, 5) is 20.4. The van der Waals surface area contributed by atoms with Crippen LogP contribution in [0.2, 0.25) is 0 Å². The van der Waals surface area contributed by atoms with E-state index >= 15 is 0 Å². The van der Waals surface area contributed by atoms with E-state index in [1.807, 2.05) is 19.1 Å². The van der Waals surface area contributed by atoms with Crippen molar-refractivity contribution < 1.29 is 4.74 Å². The lowest BCUT2D eigenvalue weighted by Gasteiger charge is -2.31. The third-order valence-corrected chi connectivity index (χ3v) is 6.04. The molecule has 0 amide bonds. The Morgan fingerprint density at radius 2 is 2.03 bits per heavy atom. The molecular formula is C23H34N4O2S. The average molecular weight is 431 g/mol. The van der Waals surface area contributed by atoms with Crippen molar-refractivity contribution in [1.82, 2.24) is 20.1 Å². The summed E-state index contributed by atoms with van der Waals surface area (Å²) in [5.74, 6) is 0. The lowest BCUT2D eigenvalue weighted by Crippen LogP contribution is -2.46. The van der Waals surface area contributed by atoms with Crippen LogP contribution < -0.4 is 10.9 Å². The first kappa shape index (κ1) is 22.7. The van der Waals surface area contributed by atoms with Crippen LogP contribution in [0.5, 0.6) is 0 Å². The number of rotatable bonds is 8. The van der Waals surface area contributed by atoms with Crippen LogP contribution in [-0.2, 0) is 11.3 Å². The van der Waals surface area contributed by atoms with Crippen LogP contribution in [0.15, 0.2) is 23.0 Å². The monoisotopic (exact) mass is 430 g/mol. The van der Waals surface area contributed by atoms with Crippen molar-refractivity contribution in [3.8, 4) is 0 Å². The Morgan fingerprint density at radius 1 is 1.27 bits per heavy atom. The SMILES string of the molecule is CCCCNC(=S)N(CCN1CCOCC1)Cc1cc2c(C)cc(C)cc2[nH]c1=O. The Balaban J connectivity index is 1.79. The summed E-state index contributed by atoms with van der Waals surface area (Å²) in [5.41, 5.74) is 3.92. The van der Waals surface area contributed by atoms with Crippen molar-refractivity contribution in [3.63, 3.8) is 0 Å². The zero-order valence-electron chi connectivity index (χ0n) is 18.4. The van der Waals surface area contributed by atoms with E-state index in [0.717, 1.165) is 85.9 Å². The zero-order chi connectivity index (χ0) is 21.5. The summed E-state index contributed by atoms with van der Waals surface area (Å²) in [6, 6.07) is 6.21. The third kappa shape index (κ3) is 6.03. The van der Waals surface area contributed by atoms with Crippen molar-refractivity contribution in [2.45, 2.75) is 40.2 Å². The Morgan fingerprint density at radius 3 is 2.77 bits per heavy atom. The molecule has 0 spiro atoms. The predicted octanol–water partition coefficient (Wildman–Crippen LogP) is 2.95. The number of aromatic nitrogens is 1. The largest absolute Gasteiger partial charge is 0.379 e. The molecule has 3 rings (SSSR count). The van der Waals surface area contributed by atoms with Crippen LogP contribution in [-0.4, -0.2) is 65.8 Å². The second-order valence-corrected chi connectivity index (χ2v) is 8.51. The van der Waals surface area contributed by atoms with Gasteiger partial charge in [0.15, 0.2) is 5.11 Å². The summed E-state index contributed by atoms with van der Waals surface area (Å²) in [5, 5.41) is 5.18. The number of nitrogens with one attached hydrogen (secondary N) is 2. The fourth-order valence-corrected chi connectivity index (χ4v) is 4.12. The molecule has 0 aliphatic carbocycles. The highest BCUT2D eigenvalue weighted by Crippen LogP contribution is 2.19. The Bertz CT molecular complexity index is 921. The van der Waals surface area contributed by atoms with Crippen molar-refractivity contribution in [2.24, 2.45) is 0 Å². The number of morpholine rings is 1. The number of nitrogens with zero attached hydrogens (tertiary/aromatic N) is 2. The van der Waals surface area contributed by atoms with E-state index in [4.69, 9.17) is 17.0 Å². The molecule has 7 heteroatoms. The van der Waals surface area contributed by atoms with E-state index in [1.54, 1.807) is 0 Å². The molecule has 2 aromatic rings. The highest BCUT2D eigenvalue weighted by atomic mass is 32.1. The zero-order valence-corrected chi connectivity index (χ0v) is 19.2. The van der Waals surface area contributed by atoms with Gasteiger partial charge in [-0.15, -0.1) is 0 Å². The third-order valence-electron chi connectivity index (χ3n) is 5.63. The molecule has 0 saturated carbocycles. The highest BCUT2D eigenvalue weighted by molar-refractivity contribution is 7.80. The van der Waals surface area contributed by atoms with Gasteiger partial charge in [0.2, 0.25) is 0 Å². The second kappa shape index (κ2) is 10.9. The summed E-state index contributed by atoms with van der Waals surface area (Å²) in [7, 11) is 0. The maximum absolute atomic E-state index is 12.8. The molecule has 6 nitrogen and oxygen atoms in total. The quantitative estimate of drug-likeness (QED) is 0.496. The molecule has 2 heterocycles. The highest BCUT2D eigenvalue weighted by Gasteiger charge is 2.17. The second-order valence-electron chi connectivity index (χ2n) is 8.13. The van der Waals surface area contributed by atoms with Crippen LogP contribution in [0, 0.1) is 13.8 Å². The molecule has 0 unspecified atom stereocenters. The van der Waals surface area contributed by atoms with Gasteiger partial charge in [-0.2, -0.15) is 0 Å². The Hall–Kier alpha value is -1.96. The van der Waals surface area contributed by atoms with E-state index in [-0.39, 0.29) is 5.56 Å². The van der Waals surface area contributed by atoms with Gasteiger partial charge in [0, 0.05) is 49.2 Å².